The Kier molecular flexibility index (Phi) is 5.86. The molecule has 2 rings (SSSR count). The number of hydrogen-bond donors (Lipinski definition) is 0. The second-order valence-electron chi connectivity index (χ2n) is 3.91. The molecule has 0 unspecified atom stereocenters. The van der Waals surface area contributed by atoms with Gasteiger partial charge in [0, 0.05) is 15.9 Å². The highest BCUT2D eigenvalue weighted by Gasteiger charge is 2.19. The summed E-state index contributed by atoms with van der Waals surface area (Å²) in [5, 5.41) is 0. The molecule has 0 spiro atoms. The summed E-state index contributed by atoms with van der Waals surface area (Å²) >= 11 is 15.6. The molecule has 2 aromatic heterocycles. The SMILES string of the molecule is C=CCN(Cc1ccc(Cl)s1)C(=O)c1cc(Br)c(Br)s1. The van der Waals surface area contributed by atoms with Crippen molar-refractivity contribution in [2.24, 2.45) is 0 Å². The second kappa shape index (κ2) is 7.22. The number of hydrogen-bond acceptors (Lipinski definition) is 3. The largest absolute Gasteiger partial charge is 0.329 e. The minimum atomic E-state index is -0.00850. The van der Waals surface area contributed by atoms with Gasteiger partial charge in [0.1, 0.15) is 0 Å². The average Bonchev–Trinajstić information content (AvgIpc) is 2.95. The van der Waals surface area contributed by atoms with Gasteiger partial charge in [0.05, 0.1) is 19.5 Å². The van der Waals surface area contributed by atoms with E-state index in [-0.39, 0.29) is 5.91 Å². The molecule has 0 aliphatic carbocycles. The number of amides is 1. The summed E-state index contributed by atoms with van der Waals surface area (Å²) in [6, 6.07) is 5.61. The molecule has 2 heterocycles. The van der Waals surface area contributed by atoms with E-state index in [1.54, 1.807) is 11.0 Å². The zero-order valence-corrected chi connectivity index (χ0v) is 15.8. The molecule has 0 aromatic carbocycles. The van der Waals surface area contributed by atoms with Crippen LogP contribution >= 0.6 is 66.1 Å². The van der Waals surface area contributed by atoms with Crippen molar-refractivity contribution in [2.45, 2.75) is 6.54 Å². The summed E-state index contributed by atoms with van der Waals surface area (Å²) < 4.78 is 2.54. The van der Waals surface area contributed by atoms with E-state index in [9.17, 15) is 4.79 Å². The molecule has 2 aromatic rings. The van der Waals surface area contributed by atoms with Crippen LogP contribution in [-0.2, 0) is 6.54 Å². The lowest BCUT2D eigenvalue weighted by Crippen LogP contribution is -2.29. The smallest absolute Gasteiger partial charge is 0.264 e. The van der Waals surface area contributed by atoms with Gasteiger partial charge >= 0.3 is 0 Å². The minimum absolute atomic E-state index is 0.00850. The predicted molar refractivity (Wildman–Crippen MR) is 94.0 cm³/mol. The van der Waals surface area contributed by atoms with E-state index in [0.29, 0.717) is 18.0 Å². The molecule has 0 bridgehead atoms. The number of carbonyl (C=O) groups excluding carboxylic acids is 1. The van der Waals surface area contributed by atoms with Crippen LogP contribution in [0.25, 0.3) is 0 Å². The van der Waals surface area contributed by atoms with Crippen LogP contribution in [0.3, 0.4) is 0 Å². The highest BCUT2D eigenvalue weighted by Crippen LogP contribution is 2.33. The van der Waals surface area contributed by atoms with Gasteiger partial charge in [-0.15, -0.1) is 29.3 Å². The highest BCUT2D eigenvalue weighted by atomic mass is 79.9. The van der Waals surface area contributed by atoms with Crippen LogP contribution in [0.2, 0.25) is 4.34 Å². The Labute approximate surface area is 147 Å². The summed E-state index contributed by atoms with van der Waals surface area (Å²) in [5.74, 6) is -0.00850. The Hall–Kier alpha value is -0.140. The van der Waals surface area contributed by atoms with Gasteiger partial charge in [-0.25, -0.2) is 0 Å². The molecule has 2 nitrogen and oxygen atoms in total. The first kappa shape index (κ1) is 16.2. The molecule has 1 amide bonds. The van der Waals surface area contributed by atoms with Gasteiger partial charge in [0.25, 0.3) is 5.91 Å². The van der Waals surface area contributed by atoms with Crippen LogP contribution in [0.4, 0.5) is 0 Å². The van der Waals surface area contributed by atoms with E-state index in [4.69, 9.17) is 11.6 Å². The van der Waals surface area contributed by atoms with E-state index < -0.39 is 0 Å². The summed E-state index contributed by atoms with van der Waals surface area (Å²) in [6.45, 7) is 4.75. The van der Waals surface area contributed by atoms with Crippen molar-refractivity contribution in [3.8, 4) is 0 Å². The molecule has 20 heavy (non-hydrogen) atoms. The van der Waals surface area contributed by atoms with Crippen molar-refractivity contribution in [2.75, 3.05) is 6.54 Å². The van der Waals surface area contributed by atoms with Gasteiger partial charge in [-0.1, -0.05) is 17.7 Å². The Morgan fingerprint density at radius 1 is 1.40 bits per heavy atom. The van der Waals surface area contributed by atoms with Gasteiger partial charge in [0.2, 0.25) is 0 Å². The van der Waals surface area contributed by atoms with Crippen molar-refractivity contribution in [1.29, 1.82) is 0 Å². The topological polar surface area (TPSA) is 20.3 Å². The Morgan fingerprint density at radius 2 is 2.15 bits per heavy atom. The first-order valence-electron chi connectivity index (χ1n) is 5.60. The number of carbonyl (C=O) groups is 1. The zero-order chi connectivity index (χ0) is 14.7. The van der Waals surface area contributed by atoms with Crippen molar-refractivity contribution < 1.29 is 4.79 Å². The maximum Gasteiger partial charge on any atom is 0.264 e. The monoisotopic (exact) mass is 453 g/mol. The van der Waals surface area contributed by atoms with Crippen LogP contribution < -0.4 is 0 Å². The fourth-order valence-electron chi connectivity index (χ4n) is 1.61. The molecule has 0 radical (unpaired) electrons. The Balaban J connectivity index is 2.19. The lowest BCUT2D eigenvalue weighted by Gasteiger charge is -2.19. The molecule has 7 heteroatoms. The molecule has 106 valence electrons. The van der Waals surface area contributed by atoms with E-state index in [0.717, 1.165) is 17.5 Å². The Bertz CT molecular complexity index is 619. The molecule has 0 aliphatic heterocycles. The van der Waals surface area contributed by atoms with Gasteiger partial charge in [-0.3, -0.25) is 4.79 Å². The lowest BCUT2D eigenvalue weighted by molar-refractivity contribution is 0.0769. The fourth-order valence-corrected chi connectivity index (χ4v) is 4.71. The fraction of sp³-hybridized carbons (Fsp3) is 0.154. The van der Waals surface area contributed by atoms with Crippen molar-refractivity contribution in [1.82, 2.24) is 4.90 Å². The predicted octanol–water partition coefficient (Wildman–Crippen LogP) is 5.82. The third-order valence-corrected chi connectivity index (χ3v) is 6.93. The number of halogens is 3. The van der Waals surface area contributed by atoms with E-state index in [1.807, 2.05) is 18.2 Å². The second-order valence-corrected chi connectivity index (χ2v) is 8.94. The molecular weight excluding hydrogens is 446 g/mol. The van der Waals surface area contributed by atoms with Crippen LogP contribution in [0, 0.1) is 0 Å². The number of nitrogens with zero attached hydrogens (tertiary/aromatic N) is 1. The first-order valence-corrected chi connectivity index (χ1v) is 9.20. The Morgan fingerprint density at radius 3 is 2.65 bits per heavy atom. The average molecular weight is 456 g/mol. The molecule has 0 saturated heterocycles. The summed E-state index contributed by atoms with van der Waals surface area (Å²) in [6.07, 6.45) is 1.73. The van der Waals surface area contributed by atoms with Crippen LogP contribution in [0.15, 0.2) is 39.1 Å². The third kappa shape index (κ3) is 3.95. The van der Waals surface area contributed by atoms with Gasteiger partial charge in [0.15, 0.2) is 0 Å². The molecule has 0 saturated carbocycles. The van der Waals surface area contributed by atoms with Crippen molar-refractivity contribution >= 4 is 72.0 Å². The van der Waals surface area contributed by atoms with Crippen molar-refractivity contribution in [3.05, 3.63) is 53.2 Å². The third-order valence-electron chi connectivity index (χ3n) is 2.47. The minimum Gasteiger partial charge on any atom is -0.329 e. The van der Waals surface area contributed by atoms with E-state index in [2.05, 4.69) is 38.4 Å². The maximum atomic E-state index is 12.5. The summed E-state index contributed by atoms with van der Waals surface area (Å²) in [5.41, 5.74) is 0. The van der Waals surface area contributed by atoms with Gasteiger partial charge in [-0.2, -0.15) is 0 Å². The lowest BCUT2D eigenvalue weighted by atomic mass is 10.3. The molecule has 0 N–H and O–H groups in total. The van der Waals surface area contributed by atoms with E-state index in [1.165, 1.54) is 22.7 Å². The molecule has 0 aliphatic rings. The number of thiophene rings is 2. The van der Waals surface area contributed by atoms with Gasteiger partial charge < -0.3 is 4.90 Å². The first-order chi connectivity index (χ1) is 9.51. The summed E-state index contributed by atoms with van der Waals surface area (Å²) in [7, 11) is 0. The van der Waals surface area contributed by atoms with E-state index >= 15 is 0 Å². The quantitative estimate of drug-likeness (QED) is 0.521. The number of rotatable bonds is 5. The normalized spacial score (nSPS) is 10.6. The molecule has 0 fully saturated rings. The standard InChI is InChI=1S/C13H10Br2ClNOS2/c1-2-5-17(7-8-3-4-11(16)19-8)13(18)10-6-9(14)12(15)20-10/h2-4,6H,1,5,7H2. The molecular formula is C13H10Br2ClNOS2. The highest BCUT2D eigenvalue weighted by molar-refractivity contribution is 9.13. The van der Waals surface area contributed by atoms with Crippen LogP contribution in [0.5, 0.6) is 0 Å². The van der Waals surface area contributed by atoms with Gasteiger partial charge in [-0.05, 0) is 50.1 Å². The maximum absolute atomic E-state index is 12.5. The zero-order valence-electron chi connectivity index (χ0n) is 10.2. The molecule has 0 atom stereocenters. The van der Waals surface area contributed by atoms with Crippen molar-refractivity contribution in [3.63, 3.8) is 0 Å². The van der Waals surface area contributed by atoms with Crippen LogP contribution in [-0.4, -0.2) is 17.4 Å². The summed E-state index contributed by atoms with van der Waals surface area (Å²) in [4.78, 5) is 16.0. The van der Waals surface area contributed by atoms with Crippen LogP contribution in [0.1, 0.15) is 14.5 Å².